The Morgan fingerprint density at radius 3 is 2.41 bits per heavy atom. The number of hydrogen-bond acceptors (Lipinski definition) is 3. The van der Waals surface area contributed by atoms with Gasteiger partial charge in [-0.05, 0) is 61.9 Å². The summed E-state index contributed by atoms with van der Waals surface area (Å²) in [5.41, 5.74) is 1.67. The number of benzene rings is 2. The quantitative estimate of drug-likeness (QED) is 0.509. The SMILES string of the molecule is CCCCc1ccc(OCC2CCC(c3ccc(OCC)c(F)c3F)CO2)cc1. The number of rotatable bonds is 9. The van der Waals surface area contributed by atoms with Crippen molar-refractivity contribution in [1.82, 2.24) is 0 Å². The average molecular weight is 404 g/mol. The minimum Gasteiger partial charge on any atom is -0.491 e. The number of ether oxygens (including phenoxy) is 3. The van der Waals surface area contributed by atoms with Gasteiger partial charge in [-0.25, -0.2) is 4.39 Å². The highest BCUT2D eigenvalue weighted by Gasteiger charge is 2.27. The third-order valence-electron chi connectivity index (χ3n) is 5.36. The number of halogens is 2. The normalized spacial score (nSPS) is 19.2. The Balaban J connectivity index is 1.49. The molecule has 3 rings (SSSR count). The third-order valence-corrected chi connectivity index (χ3v) is 5.36. The van der Waals surface area contributed by atoms with E-state index in [4.69, 9.17) is 14.2 Å². The van der Waals surface area contributed by atoms with E-state index in [2.05, 4.69) is 19.1 Å². The molecular weight excluding hydrogens is 374 g/mol. The van der Waals surface area contributed by atoms with Crippen LogP contribution in [-0.4, -0.2) is 25.9 Å². The van der Waals surface area contributed by atoms with Gasteiger partial charge in [0, 0.05) is 5.92 Å². The lowest BCUT2D eigenvalue weighted by Crippen LogP contribution is -2.30. The van der Waals surface area contributed by atoms with Gasteiger partial charge in [-0.1, -0.05) is 31.5 Å². The number of aryl methyl sites for hydroxylation is 1. The second-order valence-electron chi connectivity index (χ2n) is 7.50. The van der Waals surface area contributed by atoms with Crippen molar-refractivity contribution >= 4 is 0 Å². The van der Waals surface area contributed by atoms with Gasteiger partial charge in [0.05, 0.1) is 19.3 Å². The molecule has 0 N–H and O–H groups in total. The molecule has 0 aromatic heterocycles. The first-order chi connectivity index (χ1) is 14.1. The Bertz CT molecular complexity index is 768. The van der Waals surface area contributed by atoms with E-state index in [-0.39, 0.29) is 17.8 Å². The Labute approximate surface area is 172 Å². The maximum atomic E-state index is 14.4. The molecule has 1 saturated heterocycles. The molecule has 0 saturated carbocycles. The molecule has 158 valence electrons. The predicted octanol–water partition coefficient (Wildman–Crippen LogP) is 6.05. The van der Waals surface area contributed by atoms with Crippen molar-refractivity contribution in [3.05, 3.63) is 59.2 Å². The molecule has 1 aliphatic rings. The van der Waals surface area contributed by atoms with Gasteiger partial charge in [-0.15, -0.1) is 0 Å². The molecule has 1 heterocycles. The Hall–Kier alpha value is -2.14. The molecule has 1 aliphatic heterocycles. The first-order valence-electron chi connectivity index (χ1n) is 10.6. The van der Waals surface area contributed by atoms with Gasteiger partial charge in [-0.2, -0.15) is 4.39 Å². The fraction of sp³-hybridized carbons (Fsp3) is 0.500. The zero-order valence-electron chi connectivity index (χ0n) is 17.3. The van der Waals surface area contributed by atoms with E-state index in [0.717, 1.165) is 25.0 Å². The maximum Gasteiger partial charge on any atom is 0.200 e. The summed E-state index contributed by atoms with van der Waals surface area (Å²) < 4.78 is 45.4. The molecule has 0 amide bonds. The Morgan fingerprint density at radius 1 is 0.966 bits per heavy atom. The number of unbranched alkanes of at least 4 members (excludes halogenated alkanes) is 1. The first-order valence-corrected chi connectivity index (χ1v) is 10.6. The van der Waals surface area contributed by atoms with E-state index in [9.17, 15) is 8.78 Å². The van der Waals surface area contributed by atoms with Gasteiger partial charge >= 0.3 is 0 Å². The van der Waals surface area contributed by atoms with Crippen LogP contribution in [0, 0.1) is 11.6 Å². The van der Waals surface area contributed by atoms with E-state index in [1.165, 1.54) is 24.5 Å². The largest absolute Gasteiger partial charge is 0.491 e. The van der Waals surface area contributed by atoms with Crippen LogP contribution in [-0.2, 0) is 11.2 Å². The van der Waals surface area contributed by atoms with Crippen LogP contribution in [0.3, 0.4) is 0 Å². The molecule has 29 heavy (non-hydrogen) atoms. The molecule has 2 aromatic carbocycles. The molecule has 2 atom stereocenters. The zero-order valence-corrected chi connectivity index (χ0v) is 17.3. The van der Waals surface area contributed by atoms with E-state index in [1.807, 2.05) is 12.1 Å². The van der Waals surface area contributed by atoms with E-state index < -0.39 is 11.6 Å². The zero-order chi connectivity index (χ0) is 20.6. The van der Waals surface area contributed by atoms with Gasteiger partial charge < -0.3 is 14.2 Å². The highest BCUT2D eigenvalue weighted by Crippen LogP contribution is 2.33. The molecular formula is C24H30F2O3. The van der Waals surface area contributed by atoms with Crippen molar-refractivity contribution in [3.8, 4) is 11.5 Å². The third kappa shape index (κ3) is 5.69. The second kappa shape index (κ2) is 10.6. The molecule has 0 bridgehead atoms. The summed E-state index contributed by atoms with van der Waals surface area (Å²) in [5, 5.41) is 0. The van der Waals surface area contributed by atoms with Crippen LogP contribution in [0.25, 0.3) is 0 Å². The lowest BCUT2D eigenvalue weighted by atomic mass is 9.91. The number of hydrogen-bond donors (Lipinski definition) is 0. The summed E-state index contributed by atoms with van der Waals surface area (Å²) in [5.74, 6) is -1.12. The summed E-state index contributed by atoms with van der Waals surface area (Å²) in [7, 11) is 0. The topological polar surface area (TPSA) is 27.7 Å². The summed E-state index contributed by atoms with van der Waals surface area (Å²) in [4.78, 5) is 0. The molecule has 0 spiro atoms. The Kier molecular flexibility index (Phi) is 7.87. The second-order valence-corrected chi connectivity index (χ2v) is 7.50. The van der Waals surface area contributed by atoms with Gasteiger partial charge in [-0.3, -0.25) is 0 Å². The monoisotopic (exact) mass is 404 g/mol. The summed E-state index contributed by atoms with van der Waals surface area (Å²) in [6.45, 7) is 5.04. The molecule has 2 unspecified atom stereocenters. The molecule has 5 heteroatoms. The first kappa shape index (κ1) is 21.6. The van der Waals surface area contributed by atoms with E-state index in [0.29, 0.717) is 25.4 Å². The maximum absolute atomic E-state index is 14.4. The fourth-order valence-corrected chi connectivity index (χ4v) is 3.63. The smallest absolute Gasteiger partial charge is 0.200 e. The van der Waals surface area contributed by atoms with Crippen molar-refractivity contribution in [2.75, 3.05) is 19.8 Å². The van der Waals surface area contributed by atoms with Gasteiger partial charge in [0.2, 0.25) is 5.82 Å². The summed E-state index contributed by atoms with van der Waals surface area (Å²) >= 11 is 0. The van der Waals surface area contributed by atoms with Crippen LogP contribution >= 0.6 is 0 Å². The van der Waals surface area contributed by atoms with Crippen molar-refractivity contribution in [2.24, 2.45) is 0 Å². The van der Waals surface area contributed by atoms with Crippen molar-refractivity contribution in [1.29, 1.82) is 0 Å². The standard InChI is InChI=1S/C24H30F2O3/c1-3-5-6-17-7-10-19(11-8-17)29-16-20-12-9-18(15-28-20)21-13-14-22(27-4-2)24(26)23(21)25/h7-8,10-11,13-14,18,20H,3-6,9,12,15-16H2,1-2H3. The summed E-state index contributed by atoms with van der Waals surface area (Å²) in [6, 6.07) is 11.3. The predicted molar refractivity (Wildman–Crippen MR) is 110 cm³/mol. The van der Waals surface area contributed by atoms with E-state index in [1.54, 1.807) is 13.0 Å². The average Bonchev–Trinajstić information content (AvgIpc) is 2.75. The van der Waals surface area contributed by atoms with Crippen LogP contribution in [0.2, 0.25) is 0 Å². The van der Waals surface area contributed by atoms with Gasteiger partial charge in [0.25, 0.3) is 0 Å². The van der Waals surface area contributed by atoms with Gasteiger partial charge in [0.1, 0.15) is 12.4 Å². The van der Waals surface area contributed by atoms with Crippen molar-refractivity contribution in [2.45, 2.75) is 58.0 Å². The highest BCUT2D eigenvalue weighted by atomic mass is 19.2. The van der Waals surface area contributed by atoms with Crippen LogP contribution in [0.1, 0.15) is 56.6 Å². The lowest BCUT2D eigenvalue weighted by molar-refractivity contribution is -0.0218. The van der Waals surface area contributed by atoms with Crippen molar-refractivity contribution < 1.29 is 23.0 Å². The Morgan fingerprint density at radius 2 is 1.76 bits per heavy atom. The molecule has 0 radical (unpaired) electrons. The van der Waals surface area contributed by atoms with Crippen LogP contribution in [0.5, 0.6) is 11.5 Å². The molecule has 1 fully saturated rings. The highest BCUT2D eigenvalue weighted by molar-refractivity contribution is 5.33. The van der Waals surface area contributed by atoms with Crippen LogP contribution in [0.4, 0.5) is 8.78 Å². The minimum atomic E-state index is -0.919. The lowest BCUT2D eigenvalue weighted by Gasteiger charge is -2.29. The van der Waals surface area contributed by atoms with Crippen molar-refractivity contribution in [3.63, 3.8) is 0 Å². The minimum absolute atomic E-state index is 0.0402. The van der Waals surface area contributed by atoms with Crippen LogP contribution < -0.4 is 9.47 Å². The molecule has 2 aromatic rings. The summed E-state index contributed by atoms with van der Waals surface area (Å²) in [6.07, 6.45) is 4.90. The van der Waals surface area contributed by atoms with Crippen LogP contribution in [0.15, 0.2) is 36.4 Å². The molecule has 3 nitrogen and oxygen atoms in total. The van der Waals surface area contributed by atoms with Gasteiger partial charge in [0.15, 0.2) is 11.6 Å². The molecule has 0 aliphatic carbocycles. The van der Waals surface area contributed by atoms with E-state index >= 15 is 0 Å². The fourth-order valence-electron chi connectivity index (χ4n) is 3.63.